The van der Waals surface area contributed by atoms with Gasteiger partial charge >= 0.3 is 0 Å². The lowest BCUT2D eigenvalue weighted by Crippen LogP contribution is -2.51. The smallest absolute Gasteiger partial charge is 0.290 e. The van der Waals surface area contributed by atoms with Crippen molar-refractivity contribution in [2.75, 3.05) is 31.5 Å². The first kappa shape index (κ1) is 27.6. The predicted octanol–water partition coefficient (Wildman–Crippen LogP) is 2.28. The van der Waals surface area contributed by atoms with Gasteiger partial charge in [0.15, 0.2) is 0 Å². The van der Waals surface area contributed by atoms with Crippen molar-refractivity contribution in [2.24, 2.45) is 5.73 Å². The van der Waals surface area contributed by atoms with E-state index in [2.05, 4.69) is 29.6 Å². The Hall–Kier alpha value is -3.02. The van der Waals surface area contributed by atoms with Crippen LogP contribution < -0.4 is 11.1 Å². The number of nitrogens with zero attached hydrogens (tertiary/aromatic N) is 2. The van der Waals surface area contributed by atoms with Crippen molar-refractivity contribution in [1.82, 2.24) is 9.21 Å². The van der Waals surface area contributed by atoms with Crippen molar-refractivity contribution in [3.8, 4) is 0 Å². The molecule has 2 fully saturated rings. The standard InChI is InChI=1S/C24H31FN4O3S.CH2O2/c25-19-5-9-22(10-6-19)33(31,32)29-15-1-2-23(29)24(30)28-16-12-21(13-17-28)27-20-7-3-18(4-8-20)11-14-26;2-1-3/h3-10,21,23,27H,1-2,11-17,26H2;1H,(H,2,3)/t23-;/m0./s1. The molecule has 4 N–H and O–H groups in total. The molecule has 0 bridgehead atoms. The number of hydrogen-bond donors (Lipinski definition) is 3. The number of benzene rings is 2. The molecule has 36 heavy (non-hydrogen) atoms. The number of carbonyl (C=O) groups is 2. The summed E-state index contributed by atoms with van der Waals surface area (Å²) in [5.41, 5.74) is 7.86. The van der Waals surface area contributed by atoms with Crippen LogP contribution in [-0.2, 0) is 26.0 Å². The van der Waals surface area contributed by atoms with Gasteiger partial charge in [-0.3, -0.25) is 9.59 Å². The normalized spacial score (nSPS) is 18.8. The van der Waals surface area contributed by atoms with Crippen LogP contribution in [0.2, 0.25) is 0 Å². The van der Waals surface area contributed by atoms with Crippen molar-refractivity contribution < 1.29 is 27.5 Å². The highest BCUT2D eigenvalue weighted by Gasteiger charge is 2.41. The number of amides is 1. The van der Waals surface area contributed by atoms with E-state index in [1.165, 1.54) is 22.0 Å². The topological polar surface area (TPSA) is 133 Å². The first-order chi connectivity index (χ1) is 17.3. The molecule has 0 saturated carbocycles. The Morgan fingerprint density at radius 1 is 1.06 bits per heavy atom. The number of nitrogens with two attached hydrogens (primary N) is 1. The van der Waals surface area contributed by atoms with E-state index >= 15 is 0 Å². The third-order valence-electron chi connectivity index (χ3n) is 6.47. The number of carbonyl (C=O) groups excluding carboxylic acids is 1. The highest BCUT2D eigenvalue weighted by atomic mass is 32.2. The number of likely N-dealkylation sites (tertiary alicyclic amines) is 1. The summed E-state index contributed by atoms with van der Waals surface area (Å²) in [6.07, 6.45) is 3.60. The van der Waals surface area contributed by atoms with Crippen molar-refractivity contribution in [1.29, 1.82) is 0 Å². The summed E-state index contributed by atoms with van der Waals surface area (Å²) in [5.74, 6) is -0.631. The molecule has 196 valence electrons. The van der Waals surface area contributed by atoms with Crippen LogP contribution in [0.5, 0.6) is 0 Å². The average molecular weight is 521 g/mol. The number of piperidine rings is 1. The molecule has 4 rings (SSSR count). The Labute approximate surface area is 211 Å². The molecule has 0 aromatic heterocycles. The van der Waals surface area contributed by atoms with Crippen molar-refractivity contribution in [3.63, 3.8) is 0 Å². The quantitative estimate of drug-likeness (QED) is 0.477. The largest absolute Gasteiger partial charge is 0.483 e. The molecule has 2 aliphatic heterocycles. The second-order valence-corrected chi connectivity index (χ2v) is 10.7. The Balaban J connectivity index is 0.00000115. The summed E-state index contributed by atoms with van der Waals surface area (Å²) >= 11 is 0. The highest BCUT2D eigenvalue weighted by molar-refractivity contribution is 7.89. The third-order valence-corrected chi connectivity index (χ3v) is 8.40. The number of sulfonamides is 1. The summed E-state index contributed by atoms with van der Waals surface area (Å²) in [7, 11) is -3.85. The van der Waals surface area contributed by atoms with Crippen molar-refractivity contribution in [3.05, 3.63) is 59.9 Å². The Morgan fingerprint density at radius 2 is 1.67 bits per heavy atom. The number of rotatable bonds is 7. The second kappa shape index (κ2) is 12.8. The number of nitrogens with one attached hydrogen (secondary N) is 1. The van der Waals surface area contributed by atoms with E-state index in [-0.39, 0.29) is 23.3 Å². The molecule has 9 nitrogen and oxygen atoms in total. The van der Waals surface area contributed by atoms with Gasteiger partial charge in [-0.1, -0.05) is 12.1 Å². The van der Waals surface area contributed by atoms with Crippen molar-refractivity contribution >= 4 is 28.1 Å². The fraction of sp³-hybridized carbons (Fsp3) is 0.440. The maximum absolute atomic E-state index is 13.2. The summed E-state index contributed by atoms with van der Waals surface area (Å²) in [4.78, 5) is 23.4. The Morgan fingerprint density at radius 3 is 2.25 bits per heavy atom. The molecule has 1 atom stereocenters. The first-order valence-corrected chi connectivity index (χ1v) is 13.4. The maximum atomic E-state index is 13.2. The number of carboxylic acid groups (broad SMARTS) is 1. The monoisotopic (exact) mass is 520 g/mol. The lowest BCUT2D eigenvalue weighted by Gasteiger charge is -2.35. The summed E-state index contributed by atoms with van der Waals surface area (Å²) in [6, 6.07) is 12.6. The minimum Gasteiger partial charge on any atom is -0.483 e. The van der Waals surface area contributed by atoms with Crippen LogP contribution in [0.3, 0.4) is 0 Å². The molecule has 2 aromatic rings. The van der Waals surface area contributed by atoms with E-state index in [0.29, 0.717) is 39.0 Å². The van der Waals surface area contributed by atoms with Crippen LogP contribution in [0, 0.1) is 5.82 Å². The van der Waals surface area contributed by atoms with E-state index < -0.39 is 21.9 Å². The molecule has 0 radical (unpaired) electrons. The molecule has 1 amide bonds. The Kier molecular flexibility index (Phi) is 9.80. The van der Waals surface area contributed by atoms with Gasteiger partial charge in [0.2, 0.25) is 15.9 Å². The minimum atomic E-state index is -3.85. The SMILES string of the molecule is NCCc1ccc(NC2CCN(C(=O)[C@@H]3CCCN3S(=O)(=O)c3ccc(F)cc3)CC2)cc1.O=CO. The second-order valence-electron chi connectivity index (χ2n) is 8.81. The lowest BCUT2D eigenvalue weighted by molar-refractivity contribution is -0.135. The van der Waals surface area contributed by atoms with Crippen LogP contribution in [-0.4, -0.2) is 73.4 Å². The number of halogens is 1. The van der Waals surface area contributed by atoms with Gasteiger partial charge in [-0.25, -0.2) is 12.8 Å². The van der Waals surface area contributed by atoms with Crippen LogP contribution in [0.1, 0.15) is 31.2 Å². The van der Waals surface area contributed by atoms with Crippen molar-refractivity contribution in [2.45, 2.75) is 49.1 Å². The van der Waals surface area contributed by atoms with E-state index in [0.717, 1.165) is 37.1 Å². The minimum absolute atomic E-state index is 0.0176. The van der Waals surface area contributed by atoms with Gasteiger partial charge in [0.1, 0.15) is 11.9 Å². The lowest BCUT2D eigenvalue weighted by atomic mass is 10.0. The van der Waals surface area contributed by atoms with Crippen LogP contribution >= 0.6 is 0 Å². The molecule has 11 heteroatoms. The van der Waals surface area contributed by atoms with Gasteiger partial charge in [0.05, 0.1) is 4.90 Å². The third kappa shape index (κ3) is 6.80. The molecule has 0 unspecified atom stereocenters. The summed E-state index contributed by atoms with van der Waals surface area (Å²) < 4.78 is 40.7. The Bertz CT molecular complexity index is 1100. The molecular weight excluding hydrogens is 487 g/mol. The zero-order chi connectivity index (χ0) is 26.1. The zero-order valence-electron chi connectivity index (χ0n) is 20.1. The molecule has 2 saturated heterocycles. The molecule has 2 aliphatic rings. The molecule has 0 aliphatic carbocycles. The van der Waals surface area contributed by atoms with Gasteiger partial charge in [-0.15, -0.1) is 0 Å². The van der Waals surface area contributed by atoms with Gasteiger partial charge in [-0.2, -0.15) is 4.31 Å². The van der Waals surface area contributed by atoms with E-state index in [1.807, 2.05) is 0 Å². The number of anilines is 1. The average Bonchev–Trinajstić information content (AvgIpc) is 3.37. The van der Waals surface area contributed by atoms with Gasteiger partial charge in [0, 0.05) is 31.4 Å². The maximum Gasteiger partial charge on any atom is 0.290 e. The summed E-state index contributed by atoms with van der Waals surface area (Å²) in [5, 5.41) is 10.4. The van der Waals surface area contributed by atoms with Gasteiger partial charge in [-0.05, 0) is 80.6 Å². The van der Waals surface area contributed by atoms with E-state index in [9.17, 15) is 17.6 Å². The zero-order valence-corrected chi connectivity index (χ0v) is 20.9. The fourth-order valence-corrected chi connectivity index (χ4v) is 6.29. The molecule has 0 spiro atoms. The summed E-state index contributed by atoms with van der Waals surface area (Å²) in [6.45, 7) is 1.85. The van der Waals surface area contributed by atoms with E-state index in [4.69, 9.17) is 15.6 Å². The fourth-order valence-electron chi connectivity index (χ4n) is 4.64. The predicted molar refractivity (Wildman–Crippen MR) is 134 cm³/mol. The first-order valence-electron chi connectivity index (χ1n) is 12.0. The highest BCUT2D eigenvalue weighted by Crippen LogP contribution is 2.28. The van der Waals surface area contributed by atoms with Crippen LogP contribution in [0.15, 0.2) is 53.4 Å². The van der Waals surface area contributed by atoms with Gasteiger partial charge in [0.25, 0.3) is 6.47 Å². The van der Waals surface area contributed by atoms with Crippen LogP contribution in [0.4, 0.5) is 10.1 Å². The van der Waals surface area contributed by atoms with E-state index in [1.54, 1.807) is 4.90 Å². The molecular formula is C25H33FN4O5S. The molecule has 2 aromatic carbocycles. The number of hydrogen-bond acceptors (Lipinski definition) is 6. The van der Waals surface area contributed by atoms with Crippen LogP contribution in [0.25, 0.3) is 0 Å². The van der Waals surface area contributed by atoms with Gasteiger partial charge < -0.3 is 21.1 Å². The molecule has 2 heterocycles.